The molecular weight excluding hydrogens is 1020 g/mol. The van der Waals surface area contributed by atoms with Crippen molar-refractivity contribution in [2.75, 3.05) is 76.7 Å². The summed E-state index contributed by atoms with van der Waals surface area (Å²) in [6.45, 7) is 26.0. The molecule has 2 aliphatic heterocycles. The smallest absolute Gasteiger partial charge is 0.264 e. The minimum absolute atomic E-state index is 0.0289. The Kier molecular flexibility index (Phi) is 21.7. The first-order chi connectivity index (χ1) is 39.0. The lowest BCUT2D eigenvalue weighted by Gasteiger charge is -2.43. The molecule has 0 radical (unpaired) electrons. The molecule has 1 unspecified atom stereocenters. The number of unbranched alkanes of at least 4 members (excludes halogenated alkanes) is 2. The lowest BCUT2D eigenvalue weighted by Crippen LogP contribution is -2.52. The van der Waals surface area contributed by atoms with Crippen molar-refractivity contribution < 1.29 is 38.6 Å². The van der Waals surface area contributed by atoms with Gasteiger partial charge in [0.05, 0.1) is 65.4 Å². The Balaban J connectivity index is 0.802. The van der Waals surface area contributed by atoms with Gasteiger partial charge in [0.15, 0.2) is 0 Å². The standard InChI is InChI=1S/C65H86N8O8/c1-12-22-53-48(13-2)27-34-56-60(53)64(7,8)65(9,35-20-14-16-25-57-63(5,6)59-54-24-19-18-23-49(54)28-33-55(59)70(57)10)72(56)37-21-15-17-26-58(74)66-36-39-78-41-43-80-44-42-79-40-38-71-45-50(67-69-71)46-73(61(47(3)4)62(75)68-76)81-52-31-29-51(77-11)30-32-52/h12-14,16,18-20,22-25,27-35,45,47,61,76H,2,15,17,21,26,36-44,46H2,1,3-11H3,(H,66,74)(H,68,75)/b16-14+,22-12-,35-20+,57-25-/t61-,65?/m1/s1. The molecule has 0 saturated heterocycles. The molecule has 2 amide bonds. The average Bonchev–Trinajstić information content (AvgIpc) is 2.83. The first kappa shape index (κ1) is 61.5. The predicted molar refractivity (Wildman–Crippen MR) is 323 cm³/mol. The zero-order valence-corrected chi connectivity index (χ0v) is 49.4. The highest BCUT2D eigenvalue weighted by atomic mass is 16.7. The van der Waals surface area contributed by atoms with Gasteiger partial charge in [0, 0.05) is 60.7 Å². The van der Waals surface area contributed by atoms with Crippen LogP contribution in [0, 0.1) is 5.92 Å². The molecule has 434 valence electrons. The van der Waals surface area contributed by atoms with Crippen LogP contribution in [0.3, 0.4) is 0 Å². The summed E-state index contributed by atoms with van der Waals surface area (Å²) >= 11 is 0. The number of nitrogens with zero attached hydrogens (tertiary/aromatic N) is 6. The Labute approximate surface area is 480 Å². The van der Waals surface area contributed by atoms with Gasteiger partial charge in [-0.3, -0.25) is 14.8 Å². The molecule has 81 heavy (non-hydrogen) atoms. The number of carbonyl (C=O) groups excluding carboxylic acids is 2. The lowest BCUT2D eigenvalue weighted by molar-refractivity contribution is -0.160. The van der Waals surface area contributed by atoms with Crippen LogP contribution in [-0.4, -0.2) is 116 Å². The molecule has 0 fully saturated rings. The van der Waals surface area contributed by atoms with Crippen molar-refractivity contribution in [2.45, 2.75) is 117 Å². The monoisotopic (exact) mass is 1110 g/mol. The van der Waals surface area contributed by atoms with E-state index in [9.17, 15) is 14.8 Å². The van der Waals surface area contributed by atoms with Crippen molar-refractivity contribution in [3.05, 3.63) is 156 Å². The summed E-state index contributed by atoms with van der Waals surface area (Å²) in [5.74, 6) is 0.371. The van der Waals surface area contributed by atoms with Gasteiger partial charge in [0.1, 0.15) is 23.2 Å². The zero-order chi connectivity index (χ0) is 58.2. The predicted octanol–water partition coefficient (Wildman–Crippen LogP) is 11.1. The van der Waals surface area contributed by atoms with Gasteiger partial charge in [-0.05, 0) is 108 Å². The number of anilines is 2. The maximum absolute atomic E-state index is 12.9. The Morgan fingerprint density at radius 2 is 1.52 bits per heavy atom. The summed E-state index contributed by atoms with van der Waals surface area (Å²) in [6.07, 6.45) is 22.4. The molecule has 0 aliphatic carbocycles. The Bertz CT molecular complexity index is 3030. The number of nitrogens with one attached hydrogen (secondary N) is 2. The summed E-state index contributed by atoms with van der Waals surface area (Å²) in [5.41, 5.74) is 10.4. The van der Waals surface area contributed by atoms with E-state index in [4.69, 9.17) is 23.8 Å². The van der Waals surface area contributed by atoms with E-state index < -0.39 is 11.9 Å². The van der Waals surface area contributed by atoms with E-state index in [0.29, 0.717) is 76.3 Å². The molecule has 2 aliphatic rings. The molecule has 3 N–H and O–H groups in total. The topological polar surface area (TPSA) is 165 Å². The van der Waals surface area contributed by atoms with Crippen molar-refractivity contribution in [1.29, 1.82) is 0 Å². The molecule has 16 heteroatoms. The zero-order valence-electron chi connectivity index (χ0n) is 49.4. The minimum atomic E-state index is -0.820. The van der Waals surface area contributed by atoms with Crippen molar-refractivity contribution in [1.82, 2.24) is 30.9 Å². The number of fused-ring (bicyclic) bond motifs is 4. The lowest BCUT2D eigenvalue weighted by atomic mass is 9.69. The van der Waals surface area contributed by atoms with E-state index in [1.807, 2.05) is 19.9 Å². The van der Waals surface area contributed by atoms with Gasteiger partial charge in [-0.1, -0.05) is 139 Å². The fraction of sp³-hybridized carbons (Fsp3) is 0.446. The fourth-order valence-corrected chi connectivity index (χ4v) is 11.4. The highest BCUT2D eigenvalue weighted by Gasteiger charge is 2.53. The van der Waals surface area contributed by atoms with Gasteiger partial charge in [-0.2, -0.15) is 0 Å². The van der Waals surface area contributed by atoms with E-state index in [2.05, 4.69) is 172 Å². The van der Waals surface area contributed by atoms with Crippen LogP contribution < -0.4 is 30.2 Å². The second-order valence-electron chi connectivity index (χ2n) is 22.2. The van der Waals surface area contributed by atoms with Crippen molar-refractivity contribution in [3.8, 4) is 11.5 Å². The van der Waals surface area contributed by atoms with Gasteiger partial charge in [0.2, 0.25) is 5.91 Å². The SMILES string of the molecule is C=Cc1ccc2c(c1/C=C\C)C(C)(C)C(C)(/C=C/C=C/C=C1\N(C)c3ccc4ccccc4c3C1(C)C)N2CCCCCC(=O)NCCOCCOCCOCCn1cc(CN(Oc2ccc(OC)cc2)[C@@H](C(=O)NO)C(C)C)nn1. The Morgan fingerprint density at radius 1 is 0.815 bits per heavy atom. The third kappa shape index (κ3) is 14.5. The first-order valence-corrected chi connectivity index (χ1v) is 28.4. The van der Waals surface area contributed by atoms with E-state index in [1.165, 1.54) is 49.6 Å². The first-order valence-electron chi connectivity index (χ1n) is 28.4. The molecule has 2 atom stereocenters. The third-order valence-corrected chi connectivity index (χ3v) is 15.9. The van der Waals surface area contributed by atoms with Crippen LogP contribution in [0.5, 0.6) is 11.5 Å². The molecule has 4 aromatic carbocycles. The largest absolute Gasteiger partial charge is 0.497 e. The number of carbonyl (C=O) groups is 2. The van der Waals surface area contributed by atoms with Crippen LogP contribution in [0.25, 0.3) is 22.9 Å². The summed E-state index contributed by atoms with van der Waals surface area (Å²) in [4.78, 5) is 36.5. The Morgan fingerprint density at radius 3 is 2.22 bits per heavy atom. The fourth-order valence-electron chi connectivity index (χ4n) is 11.4. The molecule has 3 heterocycles. The number of allylic oxidation sites excluding steroid dienone is 6. The van der Waals surface area contributed by atoms with E-state index in [-0.39, 0.29) is 34.7 Å². The van der Waals surface area contributed by atoms with E-state index in [0.717, 1.165) is 31.4 Å². The van der Waals surface area contributed by atoms with Crippen LogP contribution in [-0.2, 0) is 47.7 Å². The van der Waals surface area contributed by atoms with Crippen molar-refractivity contribution >= 4 is 46.1 Å². The van der Waals surface area contributed by atoms with Gasteiger partial charge in [-0.25, -0.2) is 10.2 Å². The number of rotatable bonds is 31. The maximum atomic E-state index is 12.9. The van der Waals surface area contributed by atoms with Crippen LogP contribution in [0.4, 0.5) is 11.4 Å². The molecule has 1 aromatic heterocycles. The Hall–Kier alpha value is -7.08. The number of hydroxylamine groups is 3. The highest BCUT2D eigenvalue weighted by molar-refractivity contribution is 5.95. The van der Waals surface area contributed by atoms with Crippen molar-refractivity contribution in [2.24, 2.45) is 5.92 Å². The normalized spacial score (nSPS) is 17.3. The summed E-state index contributed by atoms with van der Waals surface area (Å²) in [5, 5.41) is 25.0. The quantitative estimate of drug-likeness (QED) is 0.0166. The van der Waals surface area contributed by atoms with Crippen LogP contribution in [0.2, 0.25) is 0 Å². The number of likely N-dealkylation sites (N-methyl/N-ethyl adjacent to an activating group) is 1. The number of hydrogen-bond donors (Lipinski definition) is 3. The van der Waals surface area contributed by atoms with Gasteiger partial charge in [0.25, 0.3) is 5.91 Å². The minimum Gasteiger partial charge on any atom is -0.497 e. The number of amides is 2. The number of aromatic nitrogens is 3. The summed E-state index contributed by atoms with van der Waals surface area (Å²) in [6, 6.07) is 23.8. The van der Waals surface area contributed by atoms with Crippen LogP contribution in [0.1, 0.15) is 109 Å². The van der Waals surface area contributed by atoms with Crippen LogP contribution in [0.15, 0.2) is 128 Å². The molecular formula is C65H86N8O8. The number of hydrogen-bond acceptors (Lipinski definition) is 13. The van der Waals surface area contributed by atoms with Gasteiger partial charge in [-0.15, -0.1) is 10.2 Å². The van der Waals surface area contributed by atoms with E-state index >= 15 is 0 Å². The van der Waals surface area contributed by atoms with Crippen molar-refractivity contribution in [3.63, 3.8) is 0 Å². The van der Waals surface area contributed by atoms with Crippen LogP contribution >= 0.6 is 0 Å². The second kappa shape index (κ2) is 28.6. The molecule has 5 aromatic rings. The number of ether oxygens (including phenoxy) is 4. The van der Waals surface area contributed by atoms with E-state index in [1.54, 1.807) is 47.7 Å². The molecule has 16 nitrogen and oxygen atoms in total. The average molecular weight is 1110 g/mol. The second-order valence-corrected chi connectivity index (χ2v) is 22.2. The third-order valence-electron chi connectivity index (χ3n) is 15.9. The highest BCUT2D eigenvalue weighted by Crippen LogP contribution is 2.55. The molecule has 0 spiro atoms. The number of methoxy groups -OCH3 is 1. The van der Waals surface area contributed by atoms with Gasteiger partial charge < -0.3 is 38.9 Å². The number of benzene rings is 4. The molecule has 7 rings (SSSR count). The molecule has 0 bridgehead atoms. The maximum Gasteiger partial charge on any atom is 0.264 e. The van der Waals surface area contributed by atoms with Gasteiger partial charge >= 0.3 is 0 Å². The summed E-state index contributed by atoms with van der Waals surface area (Å²) < 4.78 is 24.0. The molecule has 0 saturated carbocycles. The summed E-state index contributed by atoms with van der Waals surface area (Å²) in [7, 11) is 3.75.